The molecule has 6 nitrogen and oxygen atoms in total. The van der Waals surface area contributed by atoms with Crippen molar-refractivity contribution in [2.45, 2.75) is 19.8 Å². The monoisotopic (exact) mass is 206 g/mol. The molecule has 2 unspecified atom stereocenters. The Morgan fingerprint density at radius 1 is 1.67 bits per heavy atom. The number of nitrogens with zero attached hydrogens (tertiary/aromatic N) is 3. The van der Waals surface area contributed by atoms with E-state index in [4.69, 9.17) is 15.5 Å². The number of hydrogen-bond acceptors (Lipinski definition) is 5. The molecule has 2 atom stereocenters. The molecule has 2 N–H and O–H groups in total. The molecule has 15 heavy (non-hydrogen) atoms. The largest absolute Gasteiger partial charge is 0.363 e. The first-order valence-corrected chi connectivity index (χ1v) is 4.51. The lowest BCUT2D eigenvalue weighted by Crippen LogP contribution is -2.12. The van der Waals surface area contributed by atoms with E-state index >= 15 is 0 Å². The summed E-state index contributed by atoms with van der Waals surface area (Å²) in [7, 11) is 0. The van der Waals surface area contributed by atoms with Gasteiger partial charge in [-0.25, -0.2) is 0 Å². The SMILES string of the molecule is CC1(C)C(C#N)C1c1nc(C(N)=O)no1. The lowest BCUT2D eigenvalue weighted by Gasteiger charge is -1.94. The summed E-state index contributed by atoms with van der Waals surface area (Å²) >= 11 is 0. The van der Waals surface area contributed by atoms with Crippen LogP contribution in [0.2, 0.25) is 0 Å². The topological polar surface area (TPSA) is 106 Å². The first kappa shape index (κ1) is 9.65. The maximum atomic E-state index is 10.7. The van der Waals surface area contributed by atoms with E-state index in [0.717, 1.165) is 0 Å². The zero-order chi connectivity index (χ0) is 11.2. The van der Waals surface area contributed by atoms with Gasteiger partial charge in [0.15, 0.2) is 0 Å². The minimum absolute atomic E-state index is 0.0944. The number of nitriles is 1. The molecule has 0 aromatic carbocycles. The van der Waals surface area contributed by atoms with Gasteiger partial charge in [-0.15, -0.1) is 0 Å². The molecule has 0 saturated heterocycles. The smallest absolute Gasteiger partial charge is 0.290 e. The minimum atomic E-state index is -0.725. The van der Waals surface area contributed by atoms with E-state index in [1.807, 2.05) is 13.8 Å². The third-order valence-electron chi connectivity index (χ3n) is 2.89. The molecule has 0 aliphatic heterocycles. The number of aromatic nitrogens is 2. The predicted octanol–water partition coefficient (Wildman–Crippen LogP) is 0.432. The molecule has 1 aliphatic carbocycles. The fourth-order valence-electron chi connectivity index (χ4n) is 1.80. The van der Waals surface area contributed by atoms with Gasteiger partial charge in [0.2, 0.25) is 5.89 Å². The first-order chi connectivity index (χ1) is 6.98. The summed E-state index contributed by atoms with van der Waals surface area (Å²) < 4.78 is 4.90. The summed E-state index contributed by atoms with van der Waals surface area (Å²) in [5.74, 6) is -0.775. The van der Waals surface area contributed by atoms with Gasteiger partial charge in [-0.05, 0) is 5.41 Å². The number of carbonyl (C=O) groups is 1. The lowest BCUT2D eigenvalue weighted by molar-refractivity contribution is 0.0987. The molecule has 1 saturated carbocycles. The Hall–Kier alpha value is -1.90. The Morgan fingerprint density at radius 2 is 2.33 bits per heavy atom. The van der Waals surface area contributed by atoms with E-state index in [0.29, 0.717) is 5.89 Å². The van der Waals surface area contributed by atoms with Gasteiger partial charge < -0.3 is 10.3 Å². The van der Waals surface area contributed by atoms with E-state index < -0.39 is 5.91 Å². The summed E-state index contributed by atoms with van der Waals surface area (Å²) in [5.41, 5.74) is 4.82. The highest BCUT2D eigenvalue weighted by atomic mass is 16.5. The molecule has 0 spiro atoms. The summed E-state index contributed by atoms with van der Waals surface area (Å²) in [6, 6.07) is 2.17. The molecule has 1 aromatic rings. The maximum Gasteiger partial charge on any atom is 0.290 e. The van der Waals surface area contributed by atoms with Crippen molar-refractivity contribution in [1.82, 2.24) is 10.1 Å². The molecule has 1 fully saturated rings. The van der Waals surface area contributed by atoms with Crippen LogP contribution in [0.4, 0.5) is 0 Å². The lowest BCUT2D eigenvalue weighted by atomic mass is 10.1. The Balaban J connectivity index is 2.27. The van der Waals surface area contributed by atoms with Gasteiger partial charge >= 0.3 is 0 Å². The third-order valence-corrected chi connectivity index (χ3v) is 2.89. The van der Waals surface area contributed by atoms with E-state index in [1.54, 1.807) is 0 Å². The number of nitrogens with two attached hydrogens (primary N) is 1. The van der Waals surface area contributed by atoms with Gasteiger partial charge in [0.1, 0.15) is 0 Å². The van der Waals surface area contributed by atoms with E-state index in [-0.39, 0.29) is 23.1 Å². The maximum absolute atomic E-state index is 10.7. The van der Waals surface area contributed by atoms with Gasteiger partial charge in [-0.2, -0.15) is 10.2 Å². The van der Waals surface area contributed by atoms with Crippen molar-refractivity contribution in [3.05, 3.63) is 11.7 Å². The van der Waals surface area contributed by atoms with Crippen molar-refractivity contribution in [2.75, 3.05) is 0 Å². The van der Waals surface area contributed by atoms with Gasteiger partial charge in [0.05, 0.1) is 17.9 Å². The molecular formula is C9H10N4O2. The van der Waals surface area contributed by atoms with Gasteiger partial charge in [-0.1, -0.05) is 19.0 Å². The zero-order valence-electron chi connectivity index (χ0n) is 8.39. The van der Waals surface area contributed by atoms with Crippen molar-refractivity contribution in [3.63, 3.8) is 0 Å². The van der Waals surface area contributed by atoms with E-state index in [1.165, 1.54) is 0 Å². The second-order valence-corrected chi connectivity index (χ2v) is 4.23. The highest BCUT2D eigenvalue weighted by Crippen LogP contribution is 2.63. The highest BCUT2D eigenvalue weighted by molar-refractivity contribution is 5.88. The molecule has 1 aliphatic rings. The van der Waals surface area contributed by atoms with Gasteiger partial charge in [0, 0.05) is 0 Å². The van der Waals surface area contributed by atoms with Crippen LogP contribution in [-0.2, 0) is 0 Å². The Morgan fingerprint density at radius 3 is 2.73 bits per heavy atom. The Kier molecular flexibility index (Phi) is 1.80. The number of carbonyl (C=O) groups excluding carboxylic acids is 1. The van der Waals surface area contributed by atoms with Crippen LogP contribution in [0.25, 0.3) is 0 Å². The average molecular weight is 206 g/mol. The second kappa shape index (κ2) is 2.79. The van der Waals surface area contributed by atoms with Crippen molar-refractivity contribution in [3.8, 4) is 6.07 Å². The van der Waals surface area contributed by atoms with Crippen LogP contribution in [0.5, 0.6) is 0 Å². The molecule has 1 heterocycles. The molecule has 1 amide bonds. The van der Waals surface area contributed by atoms with Gasteiger partial charge in [-0.3, -0.25) is 4.79 Å². The Bertz CT molecular complexity index is 457. The summed E-state index contributed by atoms with van der Waals surface area (Å²) in [4.78, 5) is 14.6. The average Bonchev–Trinajstić information content (AvgIpc) is 2.58. The van der Waals surface area contributed by atoms with E-state index in [2.05, 4.69) is 16.2 Å². The zero-order valence-corrected chi connectivity index (χ0v) is 8.39. The molecular weight excluding hydrogens is 196 g/mol. The fourth-order valence-corrected chi connectivity index (χ4v) is 1.80. The third kappa shape index (κ3) is 1.28. The first-order valence-electron chi connectivity index (χ1n) is 4.51. The highest BCUT2D eigenvalue weighted by Gasteiger charge is 2.62. The molecule has 6 heteroatoms. The number of hydrogen-bond donors (Lipinski definition) is 1. The molecule has 1 aromatic heterocycles. The molecule has 0 bridgehead atoms. The van der Waals surface area contributed by atoms with Crippen LogP contribution in [0.1, 0.15) is 36.3 Å². The molecule has 0 radical (unpaired) electrons. The van der Waals surface area contributed by atoms with Crippen molar-refractivity contribution in [2.24, 2.45) is 17.1 Å². The van der Waals surface area contributed by atoms with Crippen LogP contribution in [0, 0.1) is 22.7 Å². The van der Waals surface area contributed by atoms with Crippen LogP contribution in [0.3, 0.4) is 0 Å². The van der Waals surface area contributed by atoms with Gasteiger partial charge in [0.25, 0.3) is 11.7 Å². The quantitative estimate of drug-likeness (QED) is 0.755. The van der Waals surface area contributed by atoms with Crippen LogP contribution < -0.4 is 5.73 Å². The summed E-state index contributed by atoms with van der Waals surface area (Å²) in [6.07, 6.45) is 0. The standard InChI is InChI=1S/C9H10N4O2/c1-9(2)4(3-10)5(9)8-12-7(6(11)14)13-15-8/h4-5H,1-2H3,(H2,11,14). The normalized spacial score (nSPS) is 27.0. The van der Waals surface area contributed by atoms with Crippen LogP contribution in [-0.4, -0.2) is 16.0 Å². The second-order valence-electron chi connectivity index (χ2n) is 4.23. The predicted molar refractivity (Wildman–Crippen MR) is 48.4 cm³/mol. The number of amides is 1. The van der Waals surface area contributed by atoms with Crippen molar-refractivity contribution >= 4 is 5.91 Å². The molecule has 2 rings (SSSR count). The number of primary amides is 1. The van der Waals surface area contributed by atoms with Crippen LogP contribution in [0.15, 0.2) is 4.52 Å². The van der Waals surface area contributed by atoms with Crippen LogP contribution >= 0.6 is 0 Å². The number of rotatable bonds is 2. The summed E-state index contributed by atoms with van der Waals surface area (Å²) in [6.45, 7) is 3.89. The fraction of sp³-hybridized carbons (Fsp3) is 0.556. The molecule has 78 valence electrons. The van der Waals surface area contributed by atoms with Crippen molar-refractivity contribution < 1.29 is 9.32 Å². The van der Waals surface area contributed by atoms with E-state index in [9.17, 15) is 4.79 Å². The minimum Gasteiger partial charge on any atom is -0.363 e. The Labute approximate surface area is 86.1 Å². The summed E-state index contributed by atoms with van der Waals surface area (Å²) in [5, 5.41) is 12.3. The van der Waals surface area contributed by atoms with Crippen molar-refractivity contribution in [1.29, 1.82) is 5.26 Å².